The van der Waals surface area contributed by atoms with Crippen molar-refractivity contribution in [2.75, 3.05) is 6.61 Å². The van der Waals surface area contributed by atoms with Crippen molar-refractivity contribution in [1.82, 2.24) is 5.32 Å². The minimum Gasteiger partial charge on any atom is -0.456 e. The summed E-state index contributed by atoms with van der Waals surface area (Å²) in [4.78, 5) is 84.3. The average molecular weight is 884 g/mol. The van der Waals surface area contributed by atoms with Crippen molar-refractivity contribution >= 4 is 35.6 Å². The van der Waals surface area contributed by atoms with Gasteiger partial charge in [-0.15, -0.1) is 0 Å². The van der Waals surface area contributed by atoms with Crippen LogP contribution in [0, 0.1) is 22.1 Å². The van der Waals surface area contributed by atoms with E-state index in [9.17, 15) is 43.7 Å². The van der Waals surface area contributed by atoms with Gasteiger partial charge in [-0.3, -0.25) is 19.2 Å². The maximum absolute atomic E-state index is 15.7. The molecule has 3 aromatic rings. The highest BCUT2D eigenvalue weighted by molar-refractivity contribution is 5.98. The molecule has 16 heteroatoms. The van der Waals surface area contributed by atoms with E-state index < -0.39 is 117 Å². The van der Waals surface area contributed by atoms with Crippen LogP contribution in [0.25, 0.3) is 0 Å². The lowest BCUT2D eigenvalue weighted by Gasteiger charge is -2.67. The number of benzene rings is 3. The van der Waals surface area contributed by atoms with Gasteiger partial charge >= 0.3 is 23.9 Å². The van der Waals surface area contributed by atoms with Crippen molar-refractivity contribution < 1.29 is 72.2 Å². The Balaban J connectivity index is 1.30. The van der Waals surface area contributed by atoms with Crippen molar-refractivity contribution in [3.8, 4) is 0 Å². The molecule has 4 fully saturated rings. The number of amides is 1. The van der Waals surface area contributed by atoms with Gasteiger partial charge in [0, 0.05) is 44.1 Å². The number of aliphatic hydroxyl groups excluding tert-OH is 2. The van der Waals surface area contributed by atoms with E-state index in [1.807, 2.05) is 0 Å². The highest BCUT2D eigenvalue weighted by Crippen LogP contribution is 2.85. The van der Waals surface area contributed by atoms with Crippen molar-refractivity contribution in [1.29, 1.82) is 0 Å². The largest absolute Gasteiger partial charge is 0.456 e. The number of aliphatic hydroxyl groups is 3. The number of esters is 4. The smallest absolute Gasteiger partial charge is 0.338 e. The Labute approximate surface area is 367 Å². The third kappa shape index (κ3) is 6.20. The molecule has 1 saturated heterocycles. The van der Waals surface area contributed by atoms with Gasteiger partial charge in [-0.05, 0) is 67.0 Å². The number of nitrogens with one attached hydrogen (secondary N) is 1. The van der Waals surface area contributed by atoms with E-state index in [1.165, 1.54) is 50.2 Å². The molecule has 1 heterocycles. The summed E-state index contributed by atoms with van der Waals surface area (Å²) in [7, 11) is 0. The van der Waals surface area contributed by atoms with Crippen LogP contribution in [0.5, 0.6) is 0 Å². The third-order valence-corrected chi connectivity index (χ3v) is 14.8. The molecule has 2 bridgehead atoms. The normalized spacial score (nSPS) is 34.1. The molecular weight excluding hydrogens is 834 g/mol. The van der Waals surface area contributed by atoms with Crippen LogP contribution in [-0.4, -0.2) is 105 Å². The SMILES string of the molecule is CC(=O)O[C@H]1C(=O)[C@]2(C)[C@@H](O)C[C@H]3OC[C@@]3(OC(C)=O)[C@]23CC3(OC(=O)c2ccccc2)[C@]2(O)C[C@H](OC(=O)[C@H](O)C(NC(=O)c3ccccc3)c3ccc(F)cc3)C(C)=C1C2(C)C. The summed E-state index contributed by atoms with van der Waals surface area (Å²) in [6.07, 6.45) is -9.38. The fourth-order valence-electron chi connectivity index (χ4n) is 11.7. The van der Waals surface area contributed by atoms with Gasteiger partial charge in [0.1, 0.15) is 23.6 Å². The Hall–Kier alpha value is -5.81. The summed E-state index contributed by atoms with van der Waals surface area (Å²) in [6.45, 7) is 7.95. The van der Waals surface area contributed by atoms with E-state index in [0.29, 0.717) is 0 Å². The number of ketones is 1. The molecule has 1 spiro atoms. The molecule has 3 saturated carbocycles. The first-order valence-corrected chi connectivity index (χ1v) is 21.0. The lowest BCUT2D eigenvalue weighted by atomic mass is 9.44. The molecule has 4 N–H and O–H groups in total. The van der Waals surface area contributed by atoms with Gasteiger partial charge in [0.2, 0.25) is 0 Å². The van der Waals surface area contributed by atoms with Crippen molar-refractivity contribution in [3.05, 3.63) is 119 Å². The zero-order chi connectivity index (χ0) is 46.4. The third-order valence-electron chi connectivity index (χ3n) is 14.8. The Morgan fingerprint density at radius 3 is 2.03 bits per heavy atom. The number of hydrogen-bond acceptors (Lipinski definition) is 14. The molecule has 1 amide bonds. The van der Waals surface area contributed by atoms with Gasteiger partial charge < -0.3 is 44.3 Å². The molecule has 15 nitrogen and oxygen atoms in total. The first-order chi connectivity index (χ1) is 30.1. The van der Waals surface area contributed by atoms with E-state index >= 15 is 4.79 Å². The van der Waals surface area contributed by atoms with Crippen LogP contribution in [0.15, 0.2) is 96.1 Å². The Morgan fingerprint density at radius 1 is 0.859 bits per heavy atom. The number of rotatable bonds is 10. The second kappa shape index (κ2) is 15.4. The first-order valence-electron chi connectivity index (χ1n) is 21.0. The summed E-state index contributed by atoms with van der Waals surface area (Å²) in [6, 6.07) is 19.0. The van der Waals surface area contributed by atoms with E-state index in [1.54, 1.807) is 50.2 Å². The number of hydrogen-bond donors (Lipinski definition) is 4. The molecule has 3 aromatic carbocycles. The number of halogens is 1. The summed E-state index contributed by atoms with van der Waals surface area (Å²) >= 11 is 0. The van der Waals surface area contributed by atoms with Crippen molar-refractivity contribution in [3.63, 3.8) is 0 Å². The second-order valence-electron chi connectivity index (χ2n) is 18.3. The van der Waals surface area contributed by atoms with E-state index in [2.05, 4.69) is 5.32 Å². The monoisotopic (exact) mass is 883 g/mol. The molecule has 0 aromatic heterocycles. The average Bonchev–Trinajstić information content (AvgIpc) is 3.94. The molecule has 11 atom stereocenters. The minimum atomic E-state index is -2.43. The Morgan fingerprint density at radius 2 is 1.47 bits per heavy atom. The Bertz CT molecular complexity index is 2460. The molecule has 5 aliphatic rings. The molecule has 2 unspecified atom stereocenters. The van der Waals surface area contributed by atoms with Crippen LogP contribution >= 0.6 is 0 Å². The quantitative estimate of drug-likeness (QED) is 0.128. The number of fused-ring (bicyclic) bond motifs is 4. The van der Waals surface area contributed by atoms with Crippen LogP contribution in [0.3, 0.4) is 0 Å². The molecule has 4 aliphatic carbocycles. The van der Waals surface area contributed by atoms with Gasteiger partial charge in [0.25, 0.3) is 5.91 Å². The maximum Gasteiger partial charge on any atom is 0.338 e. The molecule has 1 aliphatic heterocycles. The van der Waals surface area contributed by atoms with Crippen molar-refractivity contribution in [2.45, 2.75) is 114 Å². The standard InChI is InChI=1S/C48H50FNO14/c1-25-32(62-42(58)37(54)36(28-17-19-31(49)20-18-28)50-40(56)29-13-9-7-10-14-29)22-47(59)43(4,5)35(25)38(61-26(2)51)39(55)44(6)33(53)21-34-45(24-60-34,63-27(3)52)46(44)23-48(46,47)64-41(57)30-15-11-8-12-16-30/h7-20,32-34,36-38,53-54,59H,21-24H2,1-6H3,(H,50,56)/t32-,33-,34+,36?,37+,38+,44-,45-,46-,47-,48?/m0/s1. The predicted octanol–water partition coefficient (Wildman–Crippen LogP) is 4.02. The topological polar surface area (TPSA) is 221 Å². The molecule has 0 radical (unpaired) electrons. The molecule has 8 rings (SSSR count). The van der Waals surface area contributed by atoms with E-state index in [4.69, 9.17) is 23.7 Å². The van der Waals surface area contributed by atoms with Gasteiger partial charge in [-0.25, -0.2) is 14.0 Å². The van der Waals surface area contributed by atoms with Gasteiger partial charge in [0.15, 0.2) is 29.2 Å². The fraction of sp³-hybridized carbons (Fsp3) is 0.458. The van der Waals surface area contributed by atoms with Crippen LogP contribution in [0.2, 0.25) is 0 Å². The van der Waals surface area contributed by atoms with Gasteiger partial charge in [-0.2, -0.15) is 0 Å². The molecule has 64 heavy (non-hydrogen) atoms. The fourth-order valence-corrected chi connectivity index (χ4v) is 11.7. The molecular formula is C48H50FNO14. The molecule has 338 valence electrons. The highest BCUT2D eigenvalue weighted by Gasteiger charge is 2.99. The zero-order valence-electron chi connectivity index (χ0n) is 36.1. The van der Waals surface area contributed by atoms with Crippen LogP contribution in [-0.2, 0) is 42.9 Å². The number of carbonyl (C=O) groups is 6. The predicted molar refractivity (Wildman–Crippen MR) is 220 cm³/mol. The van der Waals surface area contributed by atoms with Crippen LogP contribution in [0.4, 0.5) is 4.39 Å². The summed E-state index contributed by atoms with van der Waals surface area (Å²) in [5.41, 5.74) is -11.7. The number of ether oxygens (including phenoxy) is 5. The van der Waals surface area contributed by atoms with Crippen molar-refractivity contribution in [2.24, 2.45) is 16.2 Å². The van der Waals surface area contributed by atoms with Gasteiger partial charge in [-0.1, -0.05) is 62.4 Å². The summed E-state index contributed by atoms with van der Waals surface area (Å²) in [5.74, 6) is -6.12. The van der Waals surface area contributed by atoms with Gasteiger partial charge in [0.05, 0.1) is 35.1 Å². The van der Waals surface area contributed by atoms with E-state index in [0.717, 1.165) is 26.0 Å². The van der Waals surface area contributed by atoms with Crippen LogP contribution in [0.1, 0.15) is 93.1 Å². The lowest BCUT2D eigenvalue weighted by molar-refractivity contribution is -0.349. The summed E-state index contributed by atoms with van der Waals surface area (Å²) in [5, 5.41) is 40.6. The van der Waals surface area contributed by atoms with Crippen LogP contribution < -0.4 is 5.32 Å². The first kappa shape index (κ1) is 44.8. The second-order valence-corrected chi connectivity index (χ2v) is 18.3. The minimum absolute atomic E-state index is 0.0289. The number of carbonyl (C=O) groups excluding carboxylic acids is 6. The lowest BCUT2D eigenvalue weighted by Crippen LogP contribution is -2.82. The summed E-state index contributed by atoms with van der Waals surface area (Å²) < 4.78 is 44.9. The number of Topliss-reactive ketones (excluding diaryl/α,β-unsaturated/α-hetero) is 1. The zero-order valence-corrected chi connectivity index (χ0v) is 36.1. The Kier molecular flexibility index (Phi) is 10.8. The highest BCUT2D eigenvalue weighted by atomic mass is 19.1. The van der Waals surface area contributed by atoms with E-state index in [-0.39, 0.29) is 47.3 Å². The maximum atomic E-state index is 15.7.